The number of thiazole rings is 2. The average Bonchev–Trinajstić information content (AvgIpc) is 3.27. The molecule has 1 aliphatic carbocycles. The van der Waals surface area contributed by atoms with Crippen LogP contribution in [0.2, 0.25) is 0 Å². The van der Waals surface area contributed by atoms with E-state index in [-0.39, 0.29) is 0 Å². The predicted molar refractivity (Wildman–Crippen MR) is 108 cm³/mol. The number of benzene rings is 1. The van der Waals surface area contributed by atoms with E-state index in [4.69, 9.17) is 9.97 Å². The molecule has 0 spiro atoms. The molecule has 0 atom stereocenters. The van der Waals surface area contributed by atoms with E-state index in [1.807, 2.05) is 22.7 Å². The standard InChI is InChI=1S/C19H22N4S2/c1-13-5-4-8-16-17(13)21-19(25-16)23-11-9-22(10-12-23)18-20-14-6-2-3-7-15(14)24-18/h4-5,8H,2-3,6-7,9-12H2,1H3. The number of piperazine rings is 1. The van der Waals surface area contributed by atoms with Crippen molar-refractivity contribution in [1.29, 1.82) is 0 Å². The number of anilines is 2. The first-order valence-electron chi connectivity index (χ1n) is 9.12. The molecule has 0 bridgehead atoms. The summed E-state index contributed by atoms with van der Waals surface area (Å²) in [6.45, 7) is 6.29. The first-order valence-corrected chi connectivity index (χ1v) is 10.8. The van der Waals surface area contributed by atoms with E-state index in [1.165, 1.54) is 56.8 Å². The van der Waals surface area contributed by atoms with Gasteiger partial charge in [-0.05, 0) is 44.2 Å². The molecule has 2 aromatic heterocycles. The second kappa shape index (κ2) is 6.25. The third-order valence-corrected chi connectivity index (χ3v) is 7.56. The number of para-hydroxylation sites is 1. The molecule has 1 aliphatic heterocycles. The summed E-state index contributed by atoms with van der Waals surface area (Å²) < 4.78 is 1.30. The molecule has 5 rings (SSSR count). The third-order valence-electron chi connectivity index (χ3n) is 5.26. The summed E-state index contributed by atoms with van der Waals surface area (Å²) in [5, 5.41) is 2.41. The van der Waals surface area contributed by atoms with Crippen LogP contribution in [0.5, 0.6) is 0 Å². The highest BCUT2D eigenvalue weighted by atomic mass is 32.1. The molecule has 0 saturated carbocycles. The fraction of sp³-hybridized carbons (Fsp3) is 0.474. The lowest BCUT2D eigenvalue weighted by Crippen LogP contribution is -2.46. The van der Waals surface area contributed by atoms with E-state index in [1.54, 1.807) is 0 Å². The zero-order valence-corrected chi connectivity index (χ0v) is 16.1. The van der Waals surface area contributed by atoms with E-state index in [0.29, 0.717) is 0 Å². The van der Waals surface area contributed by atoms with Gasteiger partial charge in [-0.1, -0.05) is 23.5 Å². The normalized spacial score (nSPS) is 18.0. The van der Waals surface area contributed by atoms with Crippen LogP contribution in [0.15, 0.2) is 18.2 Å². The quantitative estimate of drug-likeness (QED) is 0.674. The summed E-state index contributed by atoms with van der Waals surface area (Å²) >= 11 is 3.75. The van der Waals surface area contributed by atoms with Gasteiger partial charge in [-0.3, -0.25) is 0 Å². The van der Waals surface area contributed by atoms with Crippen LogP contribution in [0, 0.1) is 6.92 Å². The van der Waals surface area contributed by atoms with Crippen LogP contribution in [-0.2, 0) is 12.8 Å². The van der Waals surface area contributed by atoms with Crippen molar-refractivity contribution in [3.8, 4) is 0 Å². The van der Waals surface area contributed by atoms with E-state index in [9.17, 15) is 0 Å². The number of aryl methyl sites for hydroxylation is 3. The Balaban J connectivity index is 1.32. The number of hydrogen-bond donors (Lipinski definition) is 0. The van der Waals surface area contributed by atoms with Gasteiger partial charge in [-0.2, -0.15) is 0 Å². The van der Waals surface area contributed by atoms with Gasteiger partial charge in [0.25, 0.3) is 0 Å². The Morgan fingerprint density at radius 1 is 0.880 bits per heavy atom. The van der Waals surface area contributed by atoms with Gasteiger partial charge in [0.1, 0.15) is 0 Å². The lowest BCUT2D eigenvalue weighted by molar-refractivity contribution is 0.646. The molecule has 0 unspecified atom stereocenters. The Bertz CT molecular complexity index is 882. The number of rotatable bonds is 2. The number of fused-ring (bicyclic) bond motifs is 2. The van der Waals surface area contributed by atoms with Crippen molar-refractivity contribution in [3.63, 3.8) is 0 Å². The SMILES string of the molecule is Cc1cccc2sc(N3CCN(c4nc5c(s4)CCCC5)CC3)nc12. The maximum Gasteiger partial charge on any atom is 0.186 e. The summed E-state index contributed by atoms with van der Waals surface area (Å²) in [7, 11) is 0. The van der Waals surface area contributed by atoms with Gasteiger partial charge >= 0.3 is 0 Å². The zero-order chi connectivity index (χ0) is 16.8. The second-order valence-corrected chi connectivity index (χ2v) is 9.04. The van der Waals surface area contributed by atoms with Crippen molar-refractivity contribution < 1.29 is 0 Å². The molecule has 0 N–H and O–H groups in total. The molecule has 4 nitrogen and oxygen atoms in total. The molecule has 6 heteroatoms. The number of nitrogens with zero attached hydrogens (tertiary/aromatic N) is 4. The second-order valence-electron chi connectivity index (χ2n) is 6.97. The minimum Gasteiger partial charge on any atom is -0.345 e. The highest BCUT2D eigenvalue weighted by Crippen LogP contribution is 2.34. The van der Waals surface area contributed by atoms with E-state index >= 15 is 0 Å². The predicted octanol–water partition coefficient (Wildman–Crippen LogP) is 4.27. The molecule has 3 aromatic rings. The first-order chi connectivity index (χ1) is 12.3. The van der Waals surface area contributed by atoms with Crippen LogP contribution in [0.3, 0.4) is 0 Å². The lowest BCUT2D eigenvalue weighted by atomic mass is 10.0. The Kier molecular flexibility index (Phi) is 3.90. The Morgan fingerprint density at radius 3 is 2.32 bits per heavy atom. The topological polar surface area (TPSA) is 32.3 Å². The van der Waals surface area contributed by atoms with Gasteiger partial charge in [0.2, 0.25) is 0 Å². The Labute approximate surface area is 156 Å². The van der Waals surface area contributed by atoms with Crippen molar-refractivity contribution in [2.45, 2.75) is 32.6 Å². The summed E-state index contributed by atoms with van der Waals surface area (Å²) in [5.41, 5.74) is 3.81. The van der Waals surface area contributed by atoms with Crippen LogP contribution in [-0.4, -0.2) is 36.1 Å². The molecular formula is C19H22N4S2. The van der Waals surface area contributed by atoms with Gasteiger partial charge in [-0.25, -0.2) is 9.97 Å². The van der Waals surface area contributed by atoms with Crippen molar-refractivity contribution >= 4 is 43.2 Å². The molecule has 3 heterocycles. The van der Waals surface area contributed by atoms with Gasteiger partial charge in [0.15, 0.2) is 10.3 Å². The zero-order valence-electron chi connectivity index (χ0n) is 14.5. The van der Waals surface area contributed by atoms with Crippen LogP contribution < -0.4 is 9.80 Å². The van der Waals surface area contributed by atoms with Crippen LogP contribution >= 0.6 is 22.7 Å². The average molecular weight is 371 g/mol. The molecule has 0 amide bonds. The summed E-state index contributed by atoms with van der Waals surface area (Å²) in [6, 6.07) is 6.45. The van der Waals surface area contributed by atoms with Crippen molar-refractivity contribution in [1.82, 2.24) is 9.97 Å². The van der Waals surface area contributed by atoms with E-state index in [2.05, 4.69) is 34.9 Å². The third kappa shape index (κ3) is 2.81. The highest BCUT2D eigenvalue weighted by molar-refractivity contribution is 7.22. The van der Waals surface area contributed by atoms with Gasteiger partial charge in [-0.15, -0.1) is 11.3 Å². The summed E-state index contributed by atoms with van der Waals surface area (Å²) in [5.74, 6) is 0. The first kappa shape index (κ1) is 15.6. The Hall–Kier alpha value is -1.66. The summed E-state index contributed by atoms with van der Waals surface area (Å²) in [4.78, 5) is 16.3. The van der Waals surface area contributed by atoms with Crippen molar-refractivity contribution in [2.75, 3.05) is 36.0 Å². The molecule has 1 saturated heterocycles. The van der Waals surface area contributed by atoms with Gasteiger partial charge in [0, 0.05) is 31.1 Å². The fourth-order valence-corrected chi connectivity index (χ4v) is 6.07. The lowest BCUT2D eigenvalue weighted by Gasteiger charge is -2.34. The van der Waals surface area contributed by atoms with E-state index in [0.717, 1.165) is 31.7 Å². The molecule has 1 fully saturated rings. The smallest absolute Gasteiger partial charge is 0.186 e. The fourth-order valence-electron chi connectivity index (χ4n) is 3.77. The van der Waals surface area contributed by atoms with Crippen LogP contribution in [0.1, 0.15) is 29.0 Å². The number of aromatic nitrogens is 2. The molecule has 2 aliphatic rings. The maximum atomic E-state index is 4.93. The van der Waals surface area contributed by atoms with Crippen LogP contribution in [0.4, 0.5) is 10.3 Å². The van der Waals surface area contributed by atoms with Gasteiger partial charge in [0.05, 0.1) is 15.9 Å². The molecule has 1 aromatic carbocycles. The Morgan fingerprint density at radius 2 is 1.60 bits per heavy atom. The van der Waals surface area contributed by atoms with E-state index < -0.39 is 0 Å². The summed E-state index contributed by atoms with van der Waals surface area (Å²) in [6.07, 6.45) is 5.05. The maximum absolute atomic E-state index is 4.93. The number of hydrogen-bond acceptors (Lipinski definition) is 6. The molecular weight excluding hydrogens is 348 g/mol. The van der Waals surface area contributed by atoms with Crippen molar-refractivity contribution in [2.24, 2.45) is 0 Å². The minimum absolute atomic E-state index is 1.03. The highest BCUT2D eigenvalue weighted by Gasteiger charge is 2.24. The monoisotopic (exact) mass is 370 g/mol. The van der Waals surface area contributed by atoms with Crippen molar-refractivity contribution in [3.05, 3.63) is 34.3 Å². The van der Waals surface area contributed by atoms with Crippen LogP contribution in [0.25, 0.3) is 10.2 Å². The minimum atomic E-state index is 1.03. The molecule has 25 heavy (non-hydrogen) atoms. The van der Waals surface area contributed by atoms with Gasteiger partial charge < -0.3 is 9.80 Å². The largest absolute Gasteiger partial charge is 0.345 e. The molecule has 130 valence electrons. The molecule has 0 radical (unpaired) electrons.